The normalized spacial score (nSPS) is 18.6. The lowest BCUT2D eigenvalue weighted by Gasteiger charge is -2.37. The van der Waals surface area contributed by atoms with Crippen LogP contribution in [0.25, 0.3) is 0 Å². The summed E-state index contributed by atoms with van der Waals surface area (Å²) in [7, 11) is 1.50. The number of halogens is 2. The number of piperidine rings is 1. The maximum absolute atomic E-state index is 12.5. The van der Waals surface area contributed by atoms with Gasteiger partial charge in [-0.05, 0) is 36.5 Å². The third-order valence-electron chi connectivity index (χ3n) is 3.80. The van der Waals surface area contributed by atoms with Gasteiger partial charge < -0.3 is 4.90 Å². The van der Waals surface area contributed by atoms with Crippen molar-refractivity contribution in [2.45, 2.75) is 31.6 Å². The average molecular weight is 395 g/mol. The molecule has 0 aliphatic carbocycles. The van der Waals surface area contributed by atoms with Gasteiger partial charge in [-0.1, -0.05) is 29.8 Å². The summed E-state index contributed by atoms with van der Waals surface area (Å²) in [6, 6.07) is 4.33. The first-order valence-electron chi connectivity index (χ1n) is 6.63. The molecule has 0 spiro atoms. The molecule has 0 saturated carbocycles. The van der Waals surface area contributed by atoms with E-state index < -0.39 is 9.05 Å². The molecule has 0 bridgehead atoms. The van der Waals surface area contributed by atoms with E-state index in [0.29, 0.717) is 23.1 Å². The van der Waals surface area contributed by atoms with Gasteiger partial charge in [0.15, 0.2) is 0 Å². The van der Waals surface area contributed by atoms with Crippen molar-refractivity contribution in [2.75, 3.05) is 13.1 Å². The molecule has 0 atom stereocenters. The molecule has 1 aliphatic rings. The molecule has 4 nitrogen and oxygen atoms in total. The van der Waals surface area contributed by atoms with Crippen molar-refractivity contribution < 1.29 is 13.2 Å². The van der Waals surface area contributed by atoms with E-state index >= 15 is 0 Å². The molecule has 1 aliphatic heterocycles. The highest BCUT2D eigenvalue weighted by Gasteiger charge is 2.28. The van der Waals surface area contributed by atoms with Gasteiger partial charge in [0.1, 0.15) is 0 Å². The lowest BCUT2D eigenvalue weighted by Crippen LogP contribution is -2.41. The second kappa shape index (κ2) is 5.89. The van der Waals surface area contributed by atoms with Crippen LogP contribution in [0.5, 0.6) is 0 Å². The molecule has 1 aromatic carbocycles. The minimum absolute atomic E-state index is 0.0702. The predicted molar refractivity (Wildman–Crippen MR) is 86.1 cm³/mol. The smallest absolute Gasteiger partial charge is 0.261 e. The zero-order chi connectivity index (χ0) is 15.8. The molecule has 7 heteroatoms. The van der Waals surface area contributed by atoms with Crippen LogP contribution in [0.15, 0.2) is 27.6 Å². The number of benzene rings is 1. The molecule has 1 fully saturated rings. The molecule has 2 rings (SSSR count). The first-order chi connectivity index (χ1) is 9.58. The molecule has 0 N–H and O–H groups in total. The Balaban J connectivity index is 2.26. The largest absolute Gasteiger partial charge is 0.339 e. The first-order valence-corrected chi connectivity index (χ1v) is 9.73. The number of carbonyl (C=O) groups excluding carboxylic acids is 1. The molecule has 1 saturated heterocycles. The van der Waals surface area contributed by atoms with Gasteiger partial charge in [-0.2, -0.15) is 0 Å². The summed E-state index contributed by atoms with van der Waals surface area (Å²) < 4.78 is 23.4. The quantitative estimate of drug-likeness (QED) is 0.720. The zero-order valence-corrected chi connectivity index (χ0v) is 15.1. The Kier molecular flexibility index (Phi) is 4.71. The summed E-state index contributed by atoms with van der Waals surface area (Å²) >= 11 is 3.22. The first kappa shape index (κ1) is 16.8. The predicted octanol–water partition coefficient (Wildman–Crippen LogP) is 3.64. The Morgan fingerprint density at radius 2 is 1.81 bits per heavy atom. The molecule has 1 amide bonds. The van der Waals surface area contributed by atoms with E-state index in [-0.39, 0.29) is 16.2 Å². The highest BCUT2D eigenvalue weighted by atomic mass is 79.9. The van der Waals surface area contributed by atoms with E-state index in [1.54, 1.807) is 11.0 Å². The molecule has 0 radical (unpaired) electrons. The van der Waals surface area contributed by atoms with Gasteiger partial charge in [0.05, 0.1) is 4.90 Å². The van der Waals surface area contributed by atoms with E-state index in [1.807, 2.05) is 0 Å². The summed E-state index contributed by atoms with van der Waals surface area (Å²) in [6.07, 6.45) is 1.88. The van der Waals surface area contributed by atoms with Crippen LogP contribution in [0, 0.1) is 5.41 Å². The summed E-state index contributed by atoms with van der Waals surface area (Å²) in [6.45, 7) is 5.74. The molecular weight excluding hydrogens is 378 g/mol. The number of likely N-dealkylation sites (tertiary alicyclic amines) is 1. The van der Waals surface area contributed by atoms with Crippen LogP contribution >= 0.6 is 26.6 Å². The summed E-state index contributed by atoms with van der Waals surface area (Å²) in [5.41, 5.74) is 0.585. The van der Waals surface area contributed by atoms with Crippen molar-refractivity contribution in [3.05, 3.63) is 28.2 Å². The van der Waals surface area contributed by atoms with Crippen molar-refractivity contribution in [2.24, 2.45) is 5.41 Å². The molecule has 0 unspecified atom stereocenters. The Hall–Kier alpha value is -0.590. The highest BCUT2D eigenvalue weighted by molar-refractivity contribution is 9.10. The average Bonchev–Trinajstić information content (AvgIpc) is 2.36. The van der Waals surface area contributed by atoms with Crippen molar-refractivity contribution >= 4 is 41.6 Å². The van der Waals surface area contributed by atoms with E-state index in [9.17, 15) is 13.2 Å². The fourth-order valence-electron chi connectivity index (χ4n) is 2.32. The van der Waals surface area contributed by atoms with Crippen LogP contribution in [0.2, 0.25) is 0 Å². The summed E-state index contributed by atoms with van der Waals surface area (Å²) in [5.74, 6) is -0.159. The molecule has 1 heterocycles. The lowest BCUT2D eigenvalue weighted by atomic mass is 9.82. The standard InChI is InChI=1S/C14H17BrClNO3S/c1-14(2)3-5-17(6-4-14)13(18)10-7-11(15)9-12(8-10)21(16,19)20/h7-9H,3-6H2,1-2H3. The number of rotatable bonds is 2. The van der Waals surface area contributed by atoms with Crippen LogP contribution in [0.3, 0.4) is 0 Å². The van der Waals surface area contributed by atoms with E-state index in [0.717, 1.165) is 12.8 Å². The maximum atomic E-state index is 12.5. The summed E-state index contributed by atoms with van der Waals surface area (Å²) in [5, 5.41) is 0. The Bertz CT molecular complexity index is 663. The number of hydrogen-bond acceptors (Lipinski definition) is 3. The van der Waals surface area contributed by atoms with Gasteiger partial charge >= 0.3 is 0 Å². The van der Waals surface area contributed by atoms with Crippen LogP contribution in [-0.4, -0.2) is 32.3 Å². The Morgan fingerprint density at radius 3 is 2.33 bits per heavy atom. The van der Waals surface area contributed by atoms with Gasteiger partial charge in [0.25, 0.3) is 15.0 Å². The van der Waals surface area contributed by atoms with Gasteiger partial charge in [-0.25, -0.2) is 8.42 Å². The van der Waals surface area contributed by atoms with Crippen molar-refractivity contribution in [3.63, 3.8) is 0 Å². The fourth-order valence-corrected chi connectivity index (χ4v) is 3.77. The molecular formula is C14H17BrClNO3S. The monoisotopic (exact) mass is 393 g/mol. The Labute approximate surface area is 138 Å². The zero-order valence-electron chi connectivity index (χ0n) is 11.9. The second-order valence-electron chi connectivity index (χ2n) is 6.07. The number of amides is 1. The fraction of sp³-hybridized carbons (Fsp3) is 0.500. The van der Waals surface area contributed by atoms with Gasteiger partial charge in [-0.3, -0.25) is 4.79 Å². The van der Waals surface area contributed by atoms with E-state index in [1.165, 1.54) is 12.1 Å². The minimum Gasteiger partial charge on any atom is -0.339 e. The van der Waals surface area contributed by atoms with Crippen LogP contribution in [0.1, 0.15) is 37.0 Å². The van der Waals surface area contributed by atoms with Crippen LogP contribution in [0.4, 0.5) is 0 Å². The summed E-state index contributed by atoms with van der Waals surface area (Å²) in [4.78, 5) is 14.2. The van der Waals surface area contributed by atoms with Crippen molar-refractivity contribution in [3.8, 4) is 0 Å². The minimum atomic E-state index is -3.86. The number of carbonyl (C=O) groups is 1. The van der Waals surface area contributed by atoms with Crippen LogP contribution < -0.4 is 0 Å². The highest BCUT2D eigenvalue weighted by Crippen LogP contribution is 2.31. The van der Waals surface area contributed by atoms with Gasteiger partial charge in [-0.15, -0.1) is 0 Å². The molecule has 0 aromatic heterocycles. The Morgan fingerprint density at radius 1 is 1.24 bits per heavy atom. The second-order valence-corrected chi connectivity index (χ2v) is 9.55. The van der Waals surface area contributed by atoms with Crippen molar-refractivity contribution in [1.29, 1.82) is 0 Å². The maximum Gasteiger partial charge on any atom is 0.261 e. The third-order valence-corrected chi connectivity index (χ3v) is 5.60. The molecule has 116 valence electrons. The van der Waals surface area contributed by atoms with Crippen molar-refractivity contribution in [1.82, 2.24) is 4.90 Å². The number of hydrogen-bond donors (Lipinski definition) is 0. The van der Waals surface area contributed by atoms with E-state index in [2.05, 4.69) is 29.8 Å². The SMILES string of the molecule is CC1(C)CCN(C(=O)c2cc(Br)cc(S(=O)(=O)Cl)c2)CC1. The van der Waals surface area contributed by atoms with Gasteiger partial charge in [0, 0.05) is 33.8 Å². The molecule has 1 aromatic rings. The third kappa shape index (κ3) is 4.20. The lowest BCUT2D eigenvalue weighted by molar-refractivity contribution is 0.0630. The van der Waals surface area contributed by atoms with Gasteiger partial charge in [0.2, 0.25) is 0 Å². The van der Waals surface area contributed by atoms with E-state index in [4.69, 9.17) is 10.7 Å². The topological polar surface area (TPSA) is 54.5 Å². The number of nitrogens with zero attached hydrogens (tertiary/aromatic N) is 1. The molecule has 21 heavy (non-hydrogen) atoms. The van der Waals surface area contributed by atoms with Crippen LogP contribution in [-0.2, 0) is 9.05 Å².